The van der Waals surface area contributed by atoms with Crippen molar-refractivity contribution in [2.24, 2.45) is 5.92 Å². The molecule has 20 heavy (non-hydrogen) atoms. The molecule has 2 fully saturated rings. The highest BCUT2D eigenvalue weighted by Crippen LogP contribution is 2.38. The highest BCUT2D eigenvalue weighted by atomic mass is 32.2. The first-order chi connectivity index (χ1) is 9.38. The van der Waals surface area contributed by atoms with Gasteiger partial charge in [-0.2, -0.15) is 0 Å². The standard InChI is InChI=1S/C14H27NO4S/c1-11(2)5-9-20(16,17)13-10-14(18-7-8-19-14)6-4-12(13)15-3/h11-13,15H,4-10H2,1-3H3. The van der Waals surface area contributed by atoms with Crippen molar-refractivity contribution in [3.05, 3.63) is 0 Å². The summed E-state index contributed by atoms with van der Waals surface area (Å²) in [6.45, 7) is 5.25. The van der Waals surface area contributed by atoms with Crippen LogP contribution in [0.5, 0.6) is 0 Å². The van der Waals surface area contributed by atoms with E-state index in [1.54, 1.807) is 0 Å². The first-order valence-corrected chi connectivity index (χ1v) is 9.27. The normalized spacial score (nSPS) is 30.2. The third-order valence-electron chi connectivity index (χ3n) is 4.42. The van der Waals surface area contributed by atoms with Gasteiger partial charge in [0.2, 0.25) is 0 Å². The third kappa shape index (κ3) is 3.53. The molecule has 0 radical (unpaired) electrons. The van der Waals surface area contributed by atoms with Crippen LogP contribution in [0.3, 0.4) is 0 Å². The fourth-order valence-electron chi connectivity index (χ4n) is 3.13. The minimum Gasteiger partial charge on any atom is -0.347 e. The summed E-state index contributed by atoms with van der Waals surface area (Å²) in [5.74, 6) is 0.00122. The average Bonchev–Trinajstić information content (AvgIpc) is 2.85. The summed E-state index contributed by atoms with van der Waals surface area (Å²) in [5, 5.41) is 2.76. The van der Waals surface area contributed by atoms with Gasteiger partial charge >= 0.3 is 0 Å². The van der Waals surface area contributed by atoms with Crippen LogP contribution in [0.1, 0.15) is 39.5 Å². The SMILES string of the molecule is CNC1CCC2(CC1S(=O)(=O)CCC(C)C)OCCO2. The monoisotopic (exact) mass is 305 g/mol. The fraction of sp³-hybridized carbons (Fsp3) is 1.00. The molecule has 2 atom stereocenters. The van der Waals surface area contributed by atoms with Crippen molar-refractivity contribution in [3.63, 3.8) is 0 Å². The summed E-state index contributed by atoms with van der Waals surface area (Å²) in [4.78, 5) is 0. The summed E-state index contributed by atoms with van der Waals surface area (Å²) in [6.07, 6.45) is 2.72. The quantitative estimate of drug-likeness (QED) is 0.830. The molecule has 5 nitrogen and oxygen atoms in total. The lowest BCUT2D eigenvalue weighted by Crippen LogP contribution is -2.53. The lowest BCUT2D eigenvalue weighted by Gasteiger charge is -2.40. The Morgan fingerprint density at radius 3 is 2.50 bits per heavy atom. The van der Waals surface area contributed by atoms with Crippen LogP contribution in [0.2, 0.25) is 0 Å². The molecule has 2 rings (SSSR count). The van der Waals surface area contributed by atoms with Gasteiger partial charge in [0, 0.05) is 18.9 Å². The Labute approximate surface area is 122 Å². The Morgan fingerprint density at radius 1 is 1.30 bits per heavy atom. The maximum Gasteiger partial charge on any atom is 0.169 e. The van der Waals surface area contributed by atoms with Crippen LogP contribution in [-0.2, 0) is 19.3 Å². The molecule has 2 aliphatic rings. The Morgan fingerprint density at radius 2 is 1.95 bits per heavy atom. The van der Waals surface area contributed by atoms with Gasteiger partial charge in [0.05, 0.1) is 24.2 Å². The van der Waals surface area contributed by atoms with Gasteiger partial charge in [0.1, 0.15) is 0 Å². The average molecular weight is 305 g/mol. The number of rotatable bonds is 5. The molecule has 0 aromatic carbocycles. The molecule has 1 aliphatic heterocycles. The Bertz CT molecular complexity index is 415. The van der Waals surface area contributed by atoms with E-state index in [2.05, 4.69) is 19.2 Å². The first-order valence-electron chi connectivity index (χ1n) is 7.55. The van der Waals surface area contributed by atoms with Crippen LogP contribution in [-0.4, -0.2) is 51.5 Å². The molecular formula is C14H27NO4S. The van der Waals surface area contributed by atoms with Crippen molar-refractivity contribution >= 4 is 9.84 Å². The van der Waals surface area contributed by atoms with Crippen molar-refractivity contribution < 1.29 is 17.9 Å². The molecule has 1 aliphatic carbocycles. The summed E-state index contributed by atoms with van der Waals surface area (Å²) in [5.41, 5.74) is 0. The molecule has 1 heterocycles. The highest BCUT2D eigenvalue weighted by molar-refractivity contribution is 7.92. The molecule has 2 unspecified atom stereocenters. The lowest BCUT2D eigenvalue weighted by molar-refractivity contribution is -0.178. The van der Waals surface area contributed by atoms with E-state index < -0.39 is 20.9 Å². The summed E-state index contributed by atoms with van der Waals surface area (Å²) in [7, 11) is -1.29. The van der Waals surface area contributed by atoms with Gasteiger partial charge in [0.15, 0.2) is 15.6 Å². The van der Waals surface area contributed by atoms with E-state index in [0.29, 0.717) is 32.0 Å². The van der Waals surface area contributed by atoms with Crippen molar-refractivity contribution in [3.8, 4) is 0 Å². The van der Waals surface area contributed by atoms with Gasteiger partial charge in [-0.15, -0.1) is 0 Å². The molecule has 1 saturated carbocycles. The van der Waals surface area contributed by atoms with Crippen LogP contribution in [0.4, 0.5) is 0 Å². The summed E-state index contributed by atoms with van der Waals surface area (Å²) in [6, 6.07) is 0.00517. The number of hydrogen-bond acceptors (Lipinski definition) is 5. The molecular weight excluding hydrogens is 278 g/mol. The zero-order valence-corrected chi connectivity index (χ0v) is 13.5. The van der Waals surface area contributed by atoms with E-state index in [1.165, 1.54) is 0 Å². The van der Waals surface area contributed by atoms with Crippen molar-refractivity contribution in [2.45, 2.75) is 56.6 Å². The zero-order valence-electron chi connectivity index (χ0n) is 12.7. The van der Waals surface area contributed by atoms with Crippen LogP contribution in [0, 0.1) is 5.92 Å². The molecule has 1 saturated heterocycles. The minimum atomic E-state index is -3.13. The maximum atomic E-state index is 12.6. The van der Waals surface area contributed by atoms with E-state index in [4.69, 9.17) is 9.47 Å². The molecule has 1 spiro atoms. The third-order valence-corrected chi connectivity index (χ3v) is 6.65. The topological polar surface area (TPSA) is 64.6 Å². The van der Waals surface area contributed by atoms with Gasteiger partial charge < -0.3 is 14.8 Å². The molecule has 6 heteroatoms. The predicted octanol–water partition coefficient (Wildman–Crippen LogP) is 1.33. The van der Waals surface area contributed by atoms with Crippen LogP contribution >= 0.6 is 0 Å². The summed E-state index contributed by atoms with van der Waals surface area (Å²) < 4.78 is 36.7. The number of sulfone groups is 1. The van der Waals surface area contributed by atoms with E-state index in [-0.39, 0.29) is 11.8 Å². The number of hydrogen-bond donors (Lipinski definition) is 1. The number of nitrogens with one attached hydrogen (secondary N) is 1. The minimum absolute atomic E-state index is 0.00517. The maximum absolute atomic E-state index is 12.6. The largest absolute Gasteiger partial charge is 0.347 e. The first kappa shape index (κ1) is 16.2. The fourth-order valence-corrected chi connectivity index (χ4v) is 5.51. The summed E-state index contributed by atoms with van der Waals surface area (Å²) >= 11 is 0. The van der Waals surface area contributed by atoms with Crippen LogP contribution in [0.15, 0.2) is 0 Å². The predicted molar refractivity (Wildman–Crippen MR) is 78.4 cm³/mol. The second-order valence-electron chi connectivity index (χ2n) is 6.33. The lowest BCUT2D eigenvalue weighted by atomic mass is 9.89. The van der Waals surface area contributed by atoms with Crippen molar-refractivity contribution in [1.29, 1.82) is 0 Å². The van der Waals surface area contributed by atoms with E-state index in [0.717, 1.165) is 12.8 Å². The highest BCUT2D eigenvalue weighted by Gasteiger charge is 2.48. The molecule has 0 aromatic rings. The number of ether oxygens (including phenoxy) is 2. The van der Waals surface area contributed by atoms with Gasteiger partial charge in [-0.1, -0.05) is 13.8 Å². The second kappa shape index (κ2) is 6.30. The molecule has 118 valence electrons. The molecule has 0 aromatic heterocycles. The zero-order chi connectivity index (χ0) is 14.8. The van der Waals surface area contributed by atoms with Gasteiger partial charge in [-0.05, 0) is 25.8 Å². The van der Waals surface area contributed by atoms with Gasteiger partial charge in [0.25, 0.3) is 0 Å². The van der Waals surface area contributed by atoms with E-state index in [9.17, 15) is 8.42 Å². The van der Waals surface area contributed by atoms with Crippen molar-refractivity contribution in [2.75, 3.05) is 26.0 Å². The second-order valence-corrected chi connectivity index (χ2v) is 8.67. The van der Waals surface area contributed by atoms with Crippen molar-refractivity contribution in [1.82, 2.24) is 5.32 Å². The van der Waals surface area contributed by atoms with Gasteiger partial charge in [-0.25, -0.2) is 8.42 Å². The Hall–Kier alpha value is -0.170. The Kier molecular flexibility index (Phi) is 5.10. The molecule has 1 N–H and O–H groups in total. The molecule has 0 bridgehead atoms. The Balaban J connectivity index is 2.12. The van der Waals surface area contributed by atoms with E-state index >= 15 is 0 Å². The van der Waals surface area contributed by atoms with E-state index in [1.807, 2.05) is 7.05 Å². The van der Waals surface area contributed by atoms with Crippen LogP contribution < -0.4 is 5.32 Å². The smallest absolute Gasteiger partial charge is 0.169 e. The molecule has 0 amide bonds. The van der Waals surface area contributed by atoms with Crippen LogP contribution in [0.25, 0.3) is 0 Å². The van der Waals surface area contributed by atoms with Gasteiger partial charge in [-0.3, -0.25) is 0 Å².